The van der Waals surface area contributed by atoms with Gasteiger partial charge in [0.25, 0.3) is 0 Å². The number of hydrogen-bond acceptors (Lipinski definition) is 2. The summed E-state index contributed by atoms with van der Waals surface area (Å²) in [6, 6.07) is 3.06. The van der Waals surface area contributed by atoms with Gasteiger partial charge < -0.3 is 9.73 Å². The minimum atomic E-state index is -0.828. The number of benzene rings is 1. The predicted molar refractivity (Wildman–Crippen MR) is 73.4 cm³/mol. The zero-order chi connectivity index (χ0) is 12.7. The van der Waals surface area contributed by atoms with Crippen molar-refractivity contribution in [1.82, 2.24) is 5.32 Å². The molecule has 2 nitrogen and oxygen atoms in total. The van der Waals surface area contributed by atoms with Gasteiger partial charge in [-0.05, 0) is 31.1 Å². The molecule has 0 saturated heterocycles. The van der Waals surface area contributed by atoms with Gasteiger partial charge in [-0.2, -0.15) is 0 Å². The van der Waals surface area contributed by atoms with Crippen molar-refractivity contribution in [2.75, 3.05) is 6.54 Å². The molecule has 1 atom stereocenters. The smallest absolute Gasteiger partial charge is 0.170 e. The van der Waals surface area contributed by atoms with Crippen LogP contribution in [-0.2, 0) is 0 Å². The molecule has 1 aromatic heterocycles. The van der Waals surface area contributed by atoms with Gasteiger partial charge >= 0.3 is 0 Å². The van der Waals surface area contributed by atoms with Crippen LogP contribution in [0.5, 0.6) is 0 Å². The van der Waals surface area contributed by atoms with Crippen LogP contribution >= 0.6 is 12.4 Å². The van der Waals surface area contributed by atoms with Crippen molar-refractivity contribution >= 4 is 28.9 Å². The molecule has 0 radical (unpaired) electrons. The van der Waals surface area contributed by atoms with Crippen molar-refractivity contribution < 1.29 is 13.2 Å². The van der Waals surface area contributed by atoms with Crippen molar-refractivity contribution in [1.29, 1.82) is 0 Å². The van der Waals surface area contributed by atoms with Gasteiger partial charge in [0.2, 0.25) is 0 Å². The number of furan rings is 1. The summed E-state index contributed by atoms with van der Waals surface area (Å²) in [7, 11) is 0. The fourth-order valence-electron chi connectivity index (χ4n) is 2.41. The van der Waals surface area contributed by atoms with Crippen LogP contribution < -0.4 is 5.32 Å². The summed E-state index contributed by atoms with van der Waals surface area (Å²) < 4.78 is 32.9. The highest BCUT2D eigenvalue weighted by atomic mass is 35.5. The molecule has 0 bridgehead atoms. The monoisotopic (exact) mass is 285 g/mol. The van der Waals surface area contributed by atoms with Gasteiger partial charge in [-0.1, -0.05) is 6.08 Å². The molecule has 1 aromatic carbocycles. The average Bonchev–Trinajstić information content (AvgIpc) is 2.78. The molecule has 0 spiro atoms. The Bertz CT molecular complexity index is 636. The summed E-state index contributed by atoms with van der Waals surface area (Å²) in [5.41, 5.74) is 1.50. The highest BCUT2D eigenvalue weighted by Crippen LogP contribution is 2.33. The van der Waals surface area contributed by atoms with Crippen LogP contribution in [0.1, 0.15) is 18.9 Å². The maximum Gasteiger partial charge on any atom is 0.170 e. The molecule has 102 valence electrons. The molecule has 0 saturated carbocycles. The Balaban J connectivity index is 0.00000133. The lowest BCUT2D eigenvalue weighted by Gasteiger charge is -2.21. The fraction of sp³-hybridized carbons (Fsp3) is 0.286. The topological polar surface area (TPSA) is 25.2 Å². The first-order chi connectivity index (χ1) is 8.66. The van der Waals surface area contributed by atoms with E-state index in [9.17, 15) is 8.78 Å². The summed E-state index contributed by atoms with van der Waals surface area (Å²) in [6.45, 7) is 2.68. The van der Waals surface area contributed by atoms with E-state index < -0.39 is 11.6 Å². The quantitative estimate of drug-likeness (QED) is 0.860. The first kappa shape index (κ1) is 14.0. The summed E-state index contributed by atoms with van der Waals surface area (Å²) >= 11 is 0. The van der Waals surface area contributed by atoms with Crippen LogP contribution in [0.2, 0.25) is 0 Å². The minimum absolute atomic E-state index is 0. The van der Waals surface area contributed by atoms with Crippen molar-refractivity contribution in [3.63, 3.8) is 0 Å². The standard InChI is InChI=1S/C14H13F2NO.ClH/c1-8-6-9(2-4-17-8)12-13(16)11(15)7-10-3-5-18-14(10)12;/h2-3,5,7-8,17H,4,6H2,1H3;1H. The number of hydrogen-bond donors (Lipinski definition) is 1. The maximum absolute atomic E-state index is 14.0. The zero-order valence-electron chi connectivity index (χ0n) is 10.4. The predicted octanol–water partition coefficient (Wildman–Crippen LogP) is 3.90. The summed E-state index contributed by atoms with van der Waals surface area (Å²) in [6.07, 6.45) is 4.01. The van der Waals surface area contributed by atoms with Gasteiger partial charge in [0, 0.05) is 18.0 Å². The maximum atomic E-state index is 14.0. The molecule has 1 N–H and O–H groups in total. The lowest BCUT2D eigenvalue weighted by molar-refractivity contribution is 0.502. The van der Waals surface area contributed by atoms with Crippen LogP contribution in [-0.4, -0.2) is 12.6 Å². The van der Waals surface area contributed by atoms with E-state index in [0.29, 0.717) is 23.9 Å². The zero-order valence-corrected chi connectivity index (χ0v) is 11.2. The highest BCUT2D eigenvalue weighted by Gasteiger charge is 2.22. The van der Waals surface area contributed by atoms with Crippen molar-refractivity contribution in [2.45, 2.75) is 19.4 Å². The molecule has 19 heavy (non-hydrogen) atoms. The van der Waals surface area contributed by atoms with E-state index in [1.165, 1.54) is 12.3 Å². The molecule has 0 amide bonds. The number of rotatable bonds is 1. The van der Waals surface area contributed by atoms with Gasteiger partial charge in [0.05, 0.1) is 11.8 Å². The molecule has 0 fully saturated rings. The van der Waals surface area contributed by atoms with E-state index in [1.807, 2.05) is 13.0 Å². The average molecular weight is 286 g/mol. The summed E-state index contributed by atoms with van der Waals surface area (Å²) in [4.78, 5) is 0. The largest absolute Gasteiger partial charge is 0.464 e. The van der Waals surface area contributed by atoms with Gasteiger partial charge in [-0.3, -0.25) is 0 Å². The van der Waals surface area contributed by atoms with E-state index in [-0.39, 0.29) is 24.0 Å². The van der Waals surface area contributed by atoms with Crippen LogP contribution in [0, 0.1) is 11.6 Å². The molecular formula is C14H14ClF2NO. The summed E-state index contributed by atoms with van der Waals surface area (Å²) in [5.74, 6) is -1.65. The highest BCUT2D eigenvalue weighted by molar-refractivity contribution is 5.90. The number of fused-ring (bicyclic) bond motifs is 1. The van der Waals surface area contributed by atoms with Crippen LogP contribution in [0.25, 0.3) is 16.5 Å². The van der Waals surface area contributed by atoms with Gasteiger partial charge in [-0.25, -0.2) is 8.78 Å². The third-order valence-corrected chi connectivity index (χ3v) is 3.30. The molecule has 3 rings (SSSR count). The Hall–Kier alpha value is -1.39. The second-order valence-corrected chi connectivity index (χ2v) is 4.63. The van der Waals surface area contributed by atoms with Crippen molar-refractivity contribution in [3.8, 4) is 0 Å². The number of halogens is 3. The molecule has 1 unspecified atom stereocenters. The van der Waals surface area contributed by atoms with E-state index in [0.717, 1.165) is 5.57 Å². The molecule has 1 aliphatic heterocycles. The van der Waals surface area contributed by atoms with E-state index in [2.05, 4.69) is 5.32 Å². The molecule has 0 aliphatic carbocycles. The normalized spacial score (nSPS) is 19.1. The van der Waals surface area contributed by atoms with Crippen molar-refractivity contribution in [2.24, 2.45) is 0 Å². The Kier molecular flexibility index (Phi) is 3.92. The Labute approximate surface area is 115 Å². The lowest BCUT2D eigenvalue weighted by Crippen LogP contribution is -2.30. The van der Waals surface area contributed by atoms with Crippen LogP contribution in [0.3, 0.4) is 0 Å². The van der Waals surface area contributed by atoms with Gasteiger partial charge in [0.15, 0.2) is 11.6 Å². The Morgan fingerprint density at radius 1 is 1.37 bits per heavy atom. The minimum Gasteiger partial charge on any atom is -0.464 e. The molecule has 2 aromatic rings. The van der Waals surface area contributed by atoms with Crippen LogP contribution in [0.15, 0.2) is 28.9 Å². The second-order valence-electron chi connectivity index (χ2n) is 4.63. The van der Waals surface area contributed by atoms with E-state index in [4.69, 9.17) is 4.42 Å². The second kappa shape index (κ2) is 5.31. The van der Waals surface area contributed by atoms with Crippen LogP contribution in [0.4, 0.5) is 8.78 Å². The third-order valence-electron chi connectivity index (χ3n) is 3.30. The van der Waals surface area contributed by atoms with Gasteiger partial charge in [-0.15, -0.1) is 12.4 Å². The lowest BCUT2D eigenvalue weighted by atomic mass is 9.94. The molecule has 5 heteroatoms. The molecule has 1 aliphatic rings. The fourth-order valence-corrected chi connectivity index (χ4v) is 2.41. The first-order valence-corrected chi connectivity index (χ1v) is 5.95. The summed E-state index contributed by atoms with van der Waals surface area (Å²) in [5, 5.41) is 3.83. The number of nitrogens with one attached hydrogen (secondary N) is 1. The SMILES string of the molecule is CC1CC(c2c(F)c(F)cc3ccoc23)=CCN1.Cl. The van der Waals surface area contributed by atoms with E-state index >= 15 is 0 Å². The molecule has 2 heterocycles. The first-order valence-electron chi connectivity index (χ1n) is 5.95. The van der Waals surface area contributed by atoms with Crippen molar-refractivity contribution in [3.05, 3.63) is 41.7 Å². The Morgan fingerprint density at radius 2 is 2.16 bits per heavy atom. The molecular weight excluding hydrogens is 272 g/mol. The van der Waals surface area contributed by atoms with E-state index in [1.54, 1.807) is 6.07 Å². The van der Waals surface area contributed by atoms with Gasteiger partial charge in [0.1, 0.15) is 5.58 Å². The third kappa shape index (κ3) is 2.38. The Morgan fingerprint density at radius 3 is 2.89 bits per heavy atom.